The highest BCUT2D eigenvalue weighted by atomic mass is 19.4. The normalized spacial score (nSPS) is 10.8. The van der Waals surface area contributed by atoms with E-state index in [1.54, 1.807) is 6.07 Å². The van der Waals surface area contributed by atoms with Gasteiger partial charge in [0.2, 0.25) is 0 Å². The summed E-state index contributed by atoms with van der Waals surface area (Å²) in [5, 5.41) is 4.72. The molecule has 0 fully saturated rings. The summed E-state index contributed by atoms with van der Waals surface area (Å²) in [7, 11) is 2.35. The van der Waals surface area contributed by atoms with Gasteiger partial charge in [-0.2, -0.15) is 13.2 Å². The van der Waals surface area contributed by atoms with Crippen LogP contribution < -0.4 is 20.1 Å². The van der Waals surface area contributed by atoms with Gasteiger partial charge in [0, 0.05) is 17.3 Å². The van der Waals surface area contributed by atoms with Crippen molar-refractivity contribution in [1.82, 2.24) is 0 Å². The zero-order valence-corrected chi connectivity index (χ0v) is 13.8. The van der Waals surface area contributed by atoms with Crippen molar-refractivity contribution in [2.45, 2.75) is 6.18 Å². The van der Waals surface area contributed by atoms with Crippen LogP contribution in [0.2, 0.25) is 0 Å². The van der Waals surface area contributed by atoms with Crippen molar-refractivity contribution in [3.05, 3.63) is 47.5 Å². The van der Waals surface area contributed by atoms with Crippen molar-refractivity contribution in [2.24, 2.45) is 0 Å². The van der Waals surface area contributed by atoms with E-state index in [2.05, 4.69) is 10.6 Å². The van der Waals surface area contributed by atoms with E-state index in [4.69, 9.17) is 9.47 Å². The predicted molar refractivity (Wildman–Crippen MR) is 89.0 cm³/mol. The number of carbonyl (C=O) groups excluding carboxylic acids is 2. The van der Waals surface area contributed by atoms with Gasteiger partial charge < -0.3 is 20.1 Å². The van der Waals surface area contributed by atoms with Gasteiger partial charge in [-0.05, 0) is 18.2 Å². The molecule has 9 heteroatoms. The first-order valence-electron chi connectivity index (χ1n) is 7.25. The van der Waals surface area contributed by atoms with E-state index in [1.165, 1.54) is 25.3 Å². The zero-order valence-electron chi connectivity index (χ0n) is 13.8. The lowest BCUT2D eigenvalue weighted by Gasteiger charge is -2.17. The van der Waals surface area contributed by atoms with Crippen molar-refractivity contribution in [3.8, 4) is 11.5 Å². The van der Waals surface area contributed by atoms with Gasteiger partial charge in [-0.15, -0.1) is 0 Å². The Morgan fingerprint density at radius 2 is 1.73 bits per heavy atom. The number of amides is 2. The summed E-state index contributed by atoms with van der Waals surface area (Å²) in [5.74, 6) is -0.439. The van der Waals surface area contributed by atoms with Crippen LogP contribution in [0.1, 0.15) is 15.9 Å². The number of halogens is 3. The van der Waals surface area contributed by atoms with Crippen LogP contribution in [0.15, 0.2) is 36.4 Å². The van der Waals surface area contributed by atoms with Gasteiger partial charge in [-0.1, -0.05) is 12.1 Å². The Labute approximate surface area is 146 Å². The number of ether oxygens (including phenoxy) is 2. The van der Waals surface area contributed by atoms with Crippen molar-refractivity contribution >= 4 is 23.7 Å². The quantitative estimate of drug-likeness (QED) is 0.777. The fourth-order valence-corrected chi connectivity index (χ4v) is 2.19. The van der Waals surface area contributed by atoms with Crippen LogP contribution in [0.3, 0.4) is 0 Å². The lowest BCUT2D eigenvalue weighted by atomic mass is 10.1. The molecule has 138 valence electrons. The number of hydrogen-bond donors (Lipinski definition) is 2. The highest BCUT2D eigenvalue weighted by molar-refractivity contribution is 6.01. The number of benzene rings is 2. The minimum Gasteiger partial charge on any atom is -0.496 e. The van der Waals surface area contributed by atoms with E-state index in [0.29, 0.717) is 17.5 Å². The molecule has 0 radical (unpaired) electrons. The molecule has 2 rings (SSSR count). The molecule has 0 unspecified atom stereocenters. The second-order valence-corrected chi connectivity index (χ2v) is 5.07. The van der Waals surface area contributed by atoms with E-state index >= 15 is 0 Å². The molecule has 2 amide bonds. The number of aldehydes is 1. The molecular weight excluding hydrogens is 353 g/mol. The largest absolute Gasteiger partial charge is 0.496 e. The molecule has 0 spiro atoms. The molecule has 0 saturated carbocycles. The molecule has 2 N–H and O–H groups in total. The van der Waals surface area contributed by atoms with Crippen molar-refractivity contribution in [1.29, 1.82) is 0 Å². The summed E-state index contributed by atoms with van der Waals surface area (Å²) < 4.78 is 49.2. The molecule has 0 aliphatic carbocycles. The molecule has 0 heterocycles. The van der Waals surface area contributed by atoms with Crippen LogP contribution in [0.5, 0.6) is 11.5 Å². The Bertz CT molecular complexity index is 822. The van der Waals surface area contributed by atoms with Crippen LogP contribution in [0, 0.1) is 0 Å². The molecule has 6 nitrogen and oxygen atoms in total. The molecule has 0 saturated heterocycles. The van der Waals surface area contributed by atoms with Gasteiger partial charge in [0.25, 0.3) is 0 Å². The Morgan fingerprint density at radius 3 is 2.31 bits per heavy atom. The van der Waals surface area contributed by atoms with Crippen molar-refractivity contribution in [3.63, 3.8) is 0 Å². The molecule has 2 aromatic carbocycles. The van der Waals surface area contributed by atoms with Crippen molar-refractivity contribution in [2.75, 3.05) is 24.9 Å². The average Bonchev–Trinajstić information content (AvgIpc) is 2.60. The number of methoxy groups -OCH3 is 2. The van der Waals surface area contributed by atoms with Gasteiger partial charge in [0.05, 0.1) is 25.5 Å². The SMILES string of the molecule is COc1cc(OC)c(C(F)(F)F)cc1NC(=O)Nc1cccc(C=O)c1. The average molecular weight is 368 g/mol. The Kier molecular flexibility index (Phi) is 5.71. The molecule has 0 aromatic heterocycles. The second kappa shape index (κ2) is 7.77. The third-order valence-corrected chi connectivity index (χ3v) is 3.36. The van der Waals surface area contributed by atoms with Gasteiger partial charge >= 0.3 is 12.2 Å². The van der Waals surface area contributed by atoms with Crippen LogP contribution in [0.25, 0.3) is 0 Å². The van der Waals surface area contributed by atoms with Crippen LogP contribution in [-0.2, 0) is 6.18 Å². The van der Waals surface area contributed by atoms with Crippen LogP contribution in [-0.4, -0.2) is 26.5 Å². The minimum atomic E-state index is -4.68. The summed E-state index contributed by atoms with van der Waals surface area (Å²) in [5.41, 5.74) is -0.608. The van der Waals surface area contributed by atoms with E-state index in [9.17, 15) is 22.8 Å². The van der Waals surface area contributed by atoms with Gasteiger partial charge in [-0.3, -0.25) is 4.79 Å². The standard InChI is InChI=1S/C17H15F3N2O4/c1-25-14-8-15(26-2)13(7-12(14)17(18,19)20)22-16(24)21-11-5-3-4-10(6-11)9-23/h3-9H,1-2H3,(H2,21,22,24). The Morgan fingerprint density at radius 1 is 1.04 bits per heavy atom. The highest BCUT2D eigenvalue weighted by Gasteiger charge is 2.35. The predicted octanol–water partition coefficient (Wildman–Crippen LogP) is 4.18. The lowest BCUT2D eigenvalue weighted by Crippen LogP contribution is -2.20. The second-order valence-electron chi connectivity index (χ2n) is 5.07. The first-order chi connectivity index (χ1) is 12.3. The number of alkyl halides is 3. The summed E-state index contributed by atoms with van der Waals surface area (Å²) in [6.45, 7) is 0. The maximum Gasteiger partial charge on any atom is 0.420 e. The van der Waals surface area contributed by atoms with Gasteiger partial charge in [0.15, 0.2) is 0 Å². The number of anilines is 2. The lowest BCUT2D eigenvalue weighted by molar-refractivity contribution is -0.138. The highest BCUT2D eigenvalue weighted by Crippen LogP contribution is 2.41. The maximum absolute atomic E-state index is 13.1. The van der Waals surface area contributed by atoms with E-state index < -0.39 is 23.5 Å². The monoisotopic (exact) mass is 368 g/mol. The van der Waals surface area contributed by atoms with Crippen LogP contribution in [0.4, 0.5) is 29.3 Å². The smallest absolute Gasteiger partial charge is 0.420 e. The number of carbonyl (C=O) groups is 2. The molecule has 0 atom stereocenters. The summed E-state index contributed by atoms with van der Waals surface area (Å²) in [6, 6.07) is 6.99. The molecule has 26 heavy (non-hydrogen) atoms. The molecule has 0 aliphatic heterocycles. The summed E-state index contributed by atoms with van der Waals surface area (Å²) >= 11 is 0. The number of urea groups is 1. The van der Waals surface area contributed by atoms with Gasteiger partial charge in [0.1, 0.15) is 17.8 Å². The zero-order chi connectivity index (χ0) is 19.3. The van der Waals surface area contributed by atoms with Gasteiger partial charge in [-0.25, -0.2) is 4.79 Å². The third-order valence-electron chi connectivity index (χ3n) is 3.36. The Hall–Kier alpha value is -3.23. The fraction of sp³-hybridized carbons (Fsp3) is 0.176. The summed E-state index contributed by atoms with van der Waals surface area (Å²) in [4.78, 5) is 22.8. The molecule has 0 aliphatic rings. The first kappa shape index (κ1) is 19.1. The van der Waals surface area contributed by atoms with Crippen LogP contribution >= 0.6 is 0 Å². The first-order valence-corrected chi connectivity index (χ1v) is 7.25. The molecule has 0 bridgehead atoms. The summed E-state index contributed by atoms with van der Waals surface area (Å²) in [6.07, 6.45) is -4.08. The maximum atomic E-state index is 13.1. The van der Waals surface area contributed by atoms with E-state index in [1.807, 2.05) is 0 Å². The minimum absolute atomic E-state index is 0.00774. The van der Waals surface area contributed by atoms with Crippen molar-refractivity contribution < 1.29 is 32.2 Å². The third kappa shape index (κ3) is 4.44. The number of nitrogens with one attached hydrogen (secondary N) is 2. The number of rotatable bonds is 5. The fourth-order valence-electron chi connectivity index (χ4n) is 2.19. The van der Waals surface area contributed by atoms with E-state index in [0.717, 1.165) is 19.2 Å². The molecular formula is C17H15F3N2O4. The topological polar surface area (TPSA) is 76.7 Å². The Balaban J connectivity index is 2.29. The van der Waals surface area contributed by atoms with E-state index in [-0.39, 0.29) is 11.4 Å². The molecule has 2 aromatic rings. The number of hydrogen-bond acceptors (Lipinski definition) is 4.